The van der Waals surface area contributed by atoms with Crippen molar-refractivity contribution in [3.63, 3.8) is 0 Å². The minimum Gasteiger partial charge on any atom is -0.446 e. The number of allylic oxidation sites excluding steroid dienone is 1. The summed E-state index contributed by atoms with van der Waals surface area (Å²) < 4.78 is 5.21. The molecule has 1 N–H and O–H groups in total. The van der Waals surface area contributed by atoms with Crippen LogP contribution < -0.4 is 5.32 Å². The summed E-state index contributed by atoms with van der Waals surface area (Å²) in [4.78, 5) is 11.0. The second-order valence-corrected chi connectivity index (χ2v) is 3.66. The Balaban J connectivity index is 2.42. The van der Waals surface area contributed by atoms with Crippen LogP contribution in [0.3, 0.4) is 0 Å². The average molecular weight is 183 g/mol. The van der Waals surface area contributed by atoms with Gasteiger partial charge in [-0.3, -0.25) is 0 Å². The van der Waals surface area contributed by atoms with Crippen LogP contribution in [0.25, 0.3) is 0 Å². The lowest BCUT2D eigenvalue weighted by Gasteiger charge is -2.29. The van der Waals surface area contributed by atoms with E-state index in [2.05, 4.69) is 18.8 Å². The maximum atomic E-state index is 11.0. The maximum Gasteiger partial charge on any atom is 0.407 e. The van der Waals surface area contributed by atoms with E-state index in [1.54, 1.807) is 7.05 Å². The monoisotopic (exact) mass is 183 g/mol. The summed E-state index contributed by atoms with van der Waals surface area (Å²) >= 11 is 0. The highest BCUT2D eigenvalue weighted by molar-refractivity contribution is 5.66. The number of carbonyl (C=O) groups is 1. The molecule has 0 bridgehead atoms. The van der Waals surface area contributed by atoms with E-state index >= 15 is 0 Å². The largest absolute Gasteiger partial charge is 0.446 e. The fourth-order valence-corrected chi connectivity index (χ4v) is 1.69. The van der Waals surface area contributed by atoms with Crippen molar-refractivity contribution in [1.29, 1.82) is 0 Å². The Kier molecular flexibility index (Phi) is 3.34. The first kappa shape index (κ1) is 10.1. The molecule has 1 aliphatic rings. The van der Waals surface area contributed by atoms with Gasteiger partial charge >= 0.3 is 6.09 Å². The first-order chi connectivity index (χ1) is 6.13. The Hall–Kier alpha value is -0.990. The zero-order chi connectivity index (χ0) is 9.84. The fourth-order valence-electron chi connectivity index (χ4n) is 1.69. The summed E-state index contributed by atoms with van der Waals surface area (Å²) in [5, 5.41) is 2.46. The molecule has 1 fully saturated rings. The third-order valence-electron chi connectivity index (χ3n) is 2.49. The first-order valence-corrected chi connectivity index (χ1v) is 4.68. The van der Waals surface area contributed by atoms with Crippen molar-refractivity contribution >= 4 is 6.09 Å². The molecule has 3 nitrogen and oxygen atoms in total. The molecule has 0 aromatic rings. The van der Waals surface area contributed by atoms with Gasteiger partial charge in [0.25, 0.3) is 0 Å². The zero-order valence-corrected chi connectivity index (χ0v) is 8.30. The van der Waals surface area contributed by atoms with Gasteiger partial charge in [-0.15, -0.1) is 0 Å². The molecule has 0 aromatic carbocycles. The van der Waals surface area contributed by atoms with Gasteiger partial charge in [0.15, 0.2) is 0 Å². The number of rotatable bonds is 1. The quantitative estimate of drug-likeness (QED) is 0.632. The van der Waals surface area contributed by atoms with E-state index in [0.717, 1.165) is 19.3 Å². The number of hydrogen-bond acceptors (Lipinski definition) is 2. The predicted octanol–water partition coefficient (Wildman–Crippen LogP) is 2.09. The van der Waals surface area contributed by atoms with Crippen LogP contribution in [0, 0.1) is 5.92 Å². The van der Waals surface area contributed by atoms with Crippen molar-refractivity contribution in [3.8, 4) is 0 Å². The molecule has 1 aliphatic carbocycles. The first-order valence-electron chi connectivity index (χ1n) is 4.68. The van der Waals surface area contributed by atoms with Crippen molar-refractivity contribution in [2.24, 2.45) is 5.92 Å². The molecule has 0 spiro atoms. The molecule has 2 atom stereocenters. The standard InChI is InChI=1S/C10H17NO2/c1-7-4-5-9(8(2)6-7)13-10(12)11-3/h8-9H,1,4-6H2,2-3H3,(H,11,12). The number of nitrogens with one attached hydrogen (secondary N) is 1. The molecule has 74 valence electrons. The molecule has 3 heteroatoms. The minimum absolute atomic E-state index is 0.0606. The molecule has 1 amide bonds. The summed E-state index contributed by atoms with van der Waals surface area (Å²) in [5.41, 5.74) is 1.27. The van der Waals surface area contributed by atoms with Gasteiger partial charge in [-0.05, 0) is 25.2 Å². The summed E-state index contributed by atoms with van der Waals surface area (Å²) in [6, 6.07) is 0. The molecular weight excluding hydrogens is 166 g/mol. The van der Waals surface area contributed by atoms with Crippen LogP contribution >= 0.6 is 0 Å². The van der Waals surface area contributed by atoms with Crippen LogP contribution in [0.2, 0.25) is 0 Å². The number of carbonyl (C=O) groups excluding carboxylic acids is 1. The predicted molar refractivity (Wildman–Crippen MR) is 51.5 cm³/mol. The van der Waals surface area contributed by atoms with E-state index in [4.69, 9.17) is 4.74 Å². The van der Waals surface area contributed by atoms with E-state index in [1.807, 2.05) is 0 Å². The van der Waals surface area contributed by atoms with Gasteiger partial charge in [0.2, 0.25) is 0 Å². The van der Waals surface area contributed by atoms with Crippen LogP contribution in [0.4, 0.5) is 4.79 Å². The van der Waals surface area contributed by atoms with E-state index in [-0.39, 0.29) is 12.2 Å². The lowest BCUT2D eigenvalue weighted by Crippen LogP contribution is -2.32. The van der Waals surface area contributed by atoms with E-state index in [9.17, 15) is 4.79 Å². The molecule has 13 heavy (non-hydrogen) atoms. The van der Waals surface area contributed by atoms with Gasteiger partial charge in [-0.25, -0.2) is 4.79 Å². The van der Waals surface area contributed by atoms with Crippen molar-refractivity contribution < 1.29 is 9.53 Å². The third kappa shape index (κ3) is 2.76. The Morgan fingerprint density at radius 1 is 1.69 bits per heavy atom. The molecule has 0 aliphatic heterocycles. The lowest BCUT2D eigenvalue weighted by atomic mass is 9.85. The molecule has 1 rings (SSSR count). The lowest BCUT2D eigenvalue weighted by molar-refractivity contribution is 0.0542. The molecule has 1 saturated carbocycles. The molecule has 0 aromatic heterocycles. The molecule has 0 radical (unpaired) electrons. The zero-order valence-electron chi connectivity index (χ0n) is 8.30. The SMILES string of the molecule is C=C1CCC(OC(=O)NC)C(C)C1. The van der Waals surface area contributed by atoms with Crippen LogP contribution in [-0.4, -0.2) is 19.2 Å². The second kappa shape index (κ2) is 4.30. The summed E-state index contributed by atoms with van der Waals surface area (Å²) in [7, 11) is 1.58. The number of amides is 1. The maximum absolute atomic E-state index is 11.0. The smallest absolute Gasteiger partial charge is 0.407 e. The second-order valence-electron chi connectivity index (χ2n) is 3.66. The topological polar surface area (TPSA) is 38.3 Å². The molecule has 0 heterocycles. The van der Waals surface area contributed by atoms with Crippen molar-refractivity contribution in [2.75, 3.05) is 7.05 Å². The Morgan fingerprint density at radius 3 is 2.92 bits per heavy atom. The number of alkyl carbamates (subject to hydrolysis) is 1. The normalized spacial score (nSPS) is 28.3. The molecule has 2 unspecified atom stereocenters. The average Bonchev–Trinajstić information content (AvgIpc) is 2.09. The van der Waals surface area contributed by atoms with Gasteiger partial charge in [-0.1, -0.05) is 19.1 Å². The van der Waals surface area contributed by atoms with Gasteiger partial charge < -0.3 is 10.1 Å². The summed E-state index contributed by atoms with van der Waals surface area (Å²) in [6.07, 6.45) is 2.59. The Morgan fingerprint density at radius 2 is 2.38 bits per heavy atom. The van der Waals surface area contributed by atoms with Crippen LogP contribution in [0.1, 0.15) is 26.2 Å². The van der Waals surface area contributed by atoms with Crippen molar-refractivity contribution in [1.82, 2.24) is 5.32 Å². The summed E-state index contributed by atoms with van der Waals surface area (Å²) in [6.45, 7) is 6.04. The van der Waals surface area contributed by atoms with Crippen LogP contribution in [0.5, 0.6) is 0 Å². The Labute approximate surface area is 79.2 Å². The highest BCUT2D eigenvalue weighted by Crippen LogP contribution is 2.29. The number of hydrogen-bond donors (Lipinski definition) is 1. The van der Waals surface area contributed by atoms with Crippen LogP contribution in [-0.2, 0) is 4.74 Å². The van der Waals surface area contributed by atoms with Gasteiger partial charge in [0.05, 0.1) is 0 Å². The fraction of sp³-hybridized carbons (Fsp3) is 0.700. The number of ether oxygens (including phenoxy) is 1. The van der Waals surface area contributed by atoms with Crippen molar-refractivity contribution in [2.45, 2.75) is 32.3 Å². The van der Waals surface area contributed by atoms with Gasteiger partial charge in [0, 0.05) is 7.05 Å². The highest BCUT2D eigenvalue weighted by Gasteiger charge is 2.25. The highest BCUT2D eigenvalue weighted by atomic mass is 16.6. The van der Waals surface area contributed by atoms with E-state index in [0.29, 0.717) is 5.92 Å². The molecular formula is C10H17NO2. The van der Waals surface area contributed by atoms with E-state index < -0.39 is 0 Å². The summed E-state index contributed by atoms with van der Waals surface area (Å²) in [5.74, 6) is 0.401. The third-order valence-corrected chi connectivity index (χ3v) is 2.49. The van der Waals surface area contributed by atoms with Gasteiger partial charge in [-0.2, -0.15) is 0 Å². The molecule has 0 saturated heterocycles. The Bertz CT molecular complexity index is 213. The van der Waals surface area contributed by atoms with Crippen molar-refractivity contribution in [3.05, 3.63) is 12.2 Å². The minimum atomic E-state index is -0.329. The van der Waals surface area contributed by atoms with E-state index in [1.165, 1.54) is 5.57 Å². The van der Waals surface area contributed by atoms with Gasteiger partial charge in [0.1, 0.15) is 6.10 Å². The van der Waals surface area contributed by atoms with Crippen LogP contribution in [0.15, 0.2) is 12.2 Å².